The predicted octanol–water partition coefficient (Wildman–Crippen LogP) is 1.61. The molecule has 7 heteroatoms. The fourth-order valence-electron chi connectivity index (χ4n) is 2.85. The summed E-state index contributed by atoms with van der Waals surface area (Å²) >= 11 is 0. The lowest BCUT2D eigenvalue weighted by atomic mass is 10.1. The summed E-state index contributed by atoms with van der Waals surface area (Å²) in [5.41, 5.74) is 0.954. The molecule has 0 radical (unpaired) electrons. The van der Waals surface area contributed by atoms with Crippen LogP contribution in [0.5, 0.6) is 0 Å². The fraction of sp³-hybridized carbons (Fsp3) is 0.667. The number of hydrogen-bond acceptors (Lipinski definition) is 6. The Morgan fingerprint density at radius 2 is 2.18 bits per heavy atom. The highest BCUT2D eigenvalue weighted by molar-refractivity contribution is 5.68. The molecule has 0 aromatic carbocycles. The van der Waals surface area contributed by atoms with Gasteiger partial charge in [0.2, 0.25) is 0 Å². The molecule has 120 valence electrons. The number of carbonyl (C=O) groups excluding carboxylic acids is 1. The van der Waals surface area contributed by atoms with Crippen molar-refractivity contribution in [3.8, 4) is 0 Å². The Labute approximate surface area is 130 Å². The van der Waals surface area contributed by atoms with Gasteiger partial charge in [-0.25, -0.2) is 14.8 Å². The van der Waals surface area contributed by atoms with Gasteiger partial charge >= 0.3 is 6.09 Å². The van der Waals surface area contributed by atoms with Crippen LogP contribution in [0.4, 0.5) is 10.6 Å². The molecule has 1 atom stereocenters. The lowest BCUT2D eigenvalue weighted by molar-refractivity contribution is 0.105. The maximum absolute atomic E-state index is 11.7. The molecule has 2 aliphatic rings. The summed E-state index contributed by atoms with van der Waals surface area (Å²) in [4.78, 5) is 24.3. The first-order chi connectivity index (χ1) is 10.8. The summed E-state index contributed by atoms with van der Waals surface area (Å²) in [5.74, 6) is 0.906. The van der Waals surface area contributed by atoms with Crippen LogP contribution in [0, 0.1) is 0 Å². The second kappa shape index (κ2) is 6.91. The van der Waals surface area contributed by atoms with Crippen molar-refractivity contribution in [3.05, 3.63) is 18.1 Å². The Hall–Kier alpha value is -1.89. The average Bonchev–Trinajstić information content (AvgIpc) is 3.10. The van der Waals surface area contributed by atoms with Crippen molar-refractivity contribution in [3.63, 3.8) is 0 Å². The van der Waals surface area contributed by atoms with Crippen molar-refractivity contribution in [2.24, 2.45) is 0 Å². The summed E-state index contributed by atoms with van der Waals surface area (Å²) in [5, 5.41) is 0. The van der Waals surface area contributed by atoms with Crippen LogP contribution in [0.3, 0.4) is 0 Å². The lowest BCUT2D eigenvalue weighted by Gasteiger charge is -2.34. The van der Waals surface area contributed by atoms with E-state index in [1.54, 1.807) is 11.2 Å². The topological polar surface area (TPSA) is 67.8 Å². The van der Waals surface area contributed by atoms with Crippen molar-refractivity contribution in [2.45, 2.75) is 25.9 Å². The summed E-state index contributed by atoms with van der Waals surface area (Å²) in [6, 6.07) is 2.01. The Morgan fingerprint density at radius 3 is 2.86 bits per heavy atom. The zero-order valence-electron chi connectivity index (χ0n) is 12.9. The van der Waals surface area contributed by atoms with Gasteiger partial charge in [0.25, 0.3) is 0 Å². The fourth-order valence-corrected chi connectivity index (χ4v) is 2.85. The summed E-state index contributed by atoms with van der Waals surface area (Å²) in [7, 11) is 0. The minimum absolute atomic E-state index is 0.0996. The molecule has 0 saturated carbocycles. The average molecular weight is 306 g/mol. The minimum atomic E-state index is -0.232. The van der Waals surface area contributed by atoms with Crippen molar-refractivity contribution in [1.82, 2.24) is 14.9 Å². The standard InChI is InChI=1S/C15H22N4O3/c1-2-21-15(20)19-7-5-18(6-8-19)14-10-12(16-11-17-14)13-4-3-9-22-13/h10-11,13H,2-9H2,1H3. The zero-order valence-corrected chi connectivity index (χ0v) is 12.9. The van der Waals surface area contributed by atoms with Crippen LogP contribution < -0.4 is 4.90 Å². The van der Waals surface area contributed by atoms with E-state index in [4.69, 9.17) is 9.47 Å². The van der Waals surface area contributed by atoms with Gasteiger partial charge < -0.3 is 19.3 Å². The molecule has 2 saturated heterocycles. The largest absolute Gasteiger partial charge is 0.450 e. The van der Waals surface area contributed by atoms with Crippen LogP contribution >= 0.6 is 0 Å². The lowest BCUT2D eigenvalue weighted by Crippen LogP contribution is -2.49. The monoisotopic (exact) mass is 306 g/mol. The van der Waals surface area contributed by atoms with Gasteiger partial charge in [-0.2, -0.15) is 0 Å². The highest BCUT2D eigenvalue weighted by Crippen LogP contribution is 2.28. The first kappa shape index (κ1) is 15.0. The number of ether oxygens (including phenoxy) is 2. The molecule has 2 fully saturated rings. The number of hydrogen-bond donors (Lipinski definition) is 0. The number of carbonyl (C=O) groups is 1. The molecule has 1 aromatic rings. The van der Waals surface area contributed by atoms with Gasteiger partial charge in [0.15, 0.2) is 0 Å². The molecule has 0 spiro atoms. The van der Waals surface area contributed by atoms with E-state index in [-0.39, 0.29) is 12.2 Å². The summed E-state index contributed by atoms with van der Waals surface area (Å²) in [6.07, 6.45) is 3.58. The van der Waals surface area contributed by atoms with E-state index in [1.165, 1.54) is 0 Å². The quantitative estimate of drug-likeness (QED) is 0.845. The van der Waals surface area contributed by atoms with Crippen LogP contribution in [-0.2, 0) is 9.47 Å². The summed E-state index contributed by atoms with van der Waals surface area (Å²) < 4.78 is 10.7. The van der Waals surface area contributed by atoms with E-state index in [0.29, 0.717) is 19.7 Å². The highest BCUT2D eigenvalue weighted by atomic mass is 16.6. The molecule has 1 amide bonds. The number of piperazine rings is 1. The molecule has 0 bridgehead atoms. The molecule has 3 heterocycles. The molecule has 1 aromatic heterocycles. The Kier molecular flexibility index (Phi) is 4.72. The number of nitrogens with zero attached hydrogens (tertiary/aromatic N) is 4. The molecule has 3 rings (SSSR count). The Balaban J connectivity index is 1.61. The molecule has 22 heavy (non-hydrogen) atoms. The van der Waals surface area contributed by atoms with Gasteiger partial charge in [0.05, 0.1) is 18.4 Å². The molecule has 0 aliphatic carbocycles. The van der Waals surface area contributed by atoms with Crippen LogP contribution in [0.15, 0.2) is 12.4 Å². The van der Waals surface area contributed by atoms with Crippen LogP contribution in [-0.4, -0.2) is 60.4 Å². The van der Waals surface area contributed by atoms with Crippen LogP contribution in [0.25, 0.3) is 0 Å². The molecule has 0 N–H and O–H groups in total. The summed E-state index contributed by atoms with van der Waals surface area (Å²) in [6.45, 7) is 5.84. The third kappa shape index (κ3) is 3.30. The Morgan fingerprint density at radius 1 is 1.36 bits per heavy atom. The van der Waals surface area contributed by atoms with Gasteiger partial charge in [0, 0.05) is 38.9 Å². The van der Waals surface area contributed by atoms with Gasteiger partial charge in [-0.1, -0.05) is 0 Å². The van der Waals surface area contributed by atoms with Gasteiger partial charge in [0.1, 0.15) is 12.1 Å². The van der Waals surface area contributed by atoms with Crippen molar-refractivity contribution < 1.29 is 14.3 Å². The van der Waals surface area contributed by atoms with Gasteiger partial charge in [-0.05, 0) is 19.8 Å². The van der Waals surface area contributed by atoms with Gasteiger partial charge in [-0.15, -0.1) is 0 Å². The third-order valence-electron chi connectivity index (χ3n) is 4.06. The molecular weight excluding hydrogens is 284 g/mol. The third-order valence-corrected chi connectivity index (χ3v) is 4.06. The van der Waals surface area contributed by atoms with E-state index >= 15 is 0 Å². The van der Waals surface area contributed by atoms with E-state index in [0.717, 1.165) is 44.0 Å². The second-order valence-electron chi connectivity index (χ2n) is 5.48. The number of anilines is 1. The maximum atomic E-state index is 11.7. The number of aromatic nitrogens is 2. The minimum Gasteiger partial charge on any atom is -0.450 e. The zero-order chi connectivity index (χ0) is 15.4. The van der Waals surface area contributed by atoms with Crippen molar-refractivity contribution in [2.75, 3.05) is 44.3 Å². The van der Waals surface area contributed by atoms with Crippen molar-refractivity contribution >= 4 is 11.9 Å². The number of rotatable bonds is 3. The molecule has 7 nitrogen and oxygen atoms in total. The Bertz CT molecular complexity index is 511. The molecule has 2 aliphatic heterocycles. The molecular formula is C15H22N4O3. The smallest absolute Gasteiger partial charge is 0.409 e. The van der Waals surface area contributed by atoms with Crippen LogP contribution in [0.2, 0.25) is 0 Å². The predicted molar refractivity (Wildman–Crippen MR) is 80.8 cm³/mol. The number of amides is 1. The SMILES string of the molecule is CCOC(=O)N1CCN(c2cc(C3CCCO3)ncn2)CC1. The first-order valence-corrected chi connectivity index (χ1v) is 7.88. The second-order valence-corrected chi connectivity index (χ2v) is 5.48. The highest BCUT2D eigenvalue weighted by Gasteiger charge is 2.24. The molecule has 1 unspecified atom stereocenters. The van der Waals surface area contributed by atoms with Crippen LogP contribution in [0.1, 0.15) is 31.6 Å². The van der Waals surface area contributed by atoms with Crippen molar-refractivity contribution in [1.29, 1.82) is 0 Å². The normalized spacial score (nSPS) is 22.0. The van der Waals surface area contributed by atoms with E-state index in [1.807, 2.05) is 13.0 Å². The van der Waals surface area contributed by atoms with E-state index < -0.39 is 0 Å². The maximum Gasteiger partial charge on any atom is 0.409 e. The van der Waals surface area contributed by atoms with Gasteiger partial charge in [-0.3, -0.25) is 0 Å². The van der Waals surface area contributed by atoms with E-state index in [9.17, 15) is 4.79 Å². The van der Waals surface area contributed by atoms with E-state index in [2.05, 4.69) is 14.9 Å². The first-order valence-electron chi connectivity index (χ1n) is 7.88.